The first-order chi connectivity index (χ1) is 9.15. The first kappa shape index (κ1) is 14.2. The summed E-state index contributed by atoms with van der Waals surface area (Å²) in [7, 11) is 2.15. The zero-order valence-corrected chi connectivity index (χ0v) is 11.9. The number of carboxylic acids is 1. The van der Waals surface area contributed by atoms with Gasteiger partial charge in [-0.05, 0) is 20.0 Å². The summed E-state index contributed by atoms with van der Waals surface area (Å²) in [6.07, 6.45) is 2.45. The molecule has 0 aromatic carbocycles. The number of hydrogen-bond donors (Lipinski definition) is 2. The molecule has 0 aliphatic carbocycles. The number of likely N-dealkylation sites (N-methyl/N-ethyl adjacent to an activating group) is 1. The molecule has 1 fully saturated rings. The molecule has 1 aromatic rings. The summed E-state index contributed by atoms with van der Waals surface area (Å²) in [6, 6.07) is 0. The van der Waals surface area contributed by atoms with Crippen LogP contribution in [-0.2, 0) is 0 Å². The third-order valence-corrected chi connectivity index (χ3v) is 4.18. The monoisotopic (exact) mass is 284 g/mol. The fourth-order valence-corrected chi connectivity index (χ4v) is 2.70. The zero-order chi connectivity index (χ0) is 13.7. The van der Waals surface area contributed by atoms with Crippen molar-refractivity contribution < 1.29 is 9.90 Å². The van der Waals surface area contributed by atoms with Crippen molar-refractivity contribution in [2.75, 3.05) is 51.6 Å². The van der Waals surface area contributed by atoms with E-state index in [1.54, 1.807) is 0 Å². The van der Waals surface area contributed by atoms with Crippen molar-refractivity contribution in [3.05, 3.63) is 11.1 Å². The van der Waals surface area contributed by atoms with Crippen LogP contribution in [0.25, 0.3) is 0 Å². The number of nitrogens with one attached hydrogen (secondary N) is 1. The summed E-state index contributed by atoms with van der Waals surface area (Å²) >= 11 is 1.19. The summed E-state index contributed by atoms with van der Waals surface area (Å²) in [4.78, 5) is 19.8. The lowest BCUT2D eigenvalue weighted by atomic mass is 10.3. The van der Waals surface area contributed by atoms with Crippen molar-refractivity contribution in [3.8, 4) is 0 Å². The number of aromatic carboxylic acids is 1. The molecular weight excluding hydrogens is 264 g/mol. The van der Waals surface area contributed by atoms with Crippen LogP contribution >= 0.6 is 11.3 Å². The summed E-state index contributed by atoms with van der Waals surface area (Å²) in [5.41, 5.74) is 0. The first-order valence-corrected chi connectivity index (χ1v) is 7.30. The lowest BCUT2D eigenvalue weighted by Gasteiger charge is -2.32. The first-order valence-electron chi connectivity index (χ1n) is 6.49. The Labute approximate surface area is 117 Å². The van der Waals surface area contributed by atoms with E-state index in [0.717, 1.165) is 45.7 Å². The van der Waals surface area contributed by atoms with Gasteiger partial charge in [-0.1, -0.05) is 11.3 Å². The molecular formula is C12H20N4O2S. The normalized spacial score (nSPS) is 17.5. The summed E-state index contributed by atoms with van der Waals surface area (Å²) in [5.74, 6) is -0.914. The van der Waals surface area contributed by atoms with Gasteiger partial charge in [0.1, 0.15) is 4.88 Å². The van der Waals surface area contributed by atoms with E-state index in [2.05, 4.69) is 27.1 Å². The van der Waals surface area contributed by atoms with E-state index in [-0.39, 0.29) is 4.88 Å². The van der Waals surface area contributed by atoms with Crippen LogP contribution in [0.15, 0.2) is 6.20 Å². The van der Waals surface area contributed by atoms with Crippen LogP contribution in [0.5, 0.6) is 0 Å². The largest absolute Gasteiger partial charge is 0.477 e. The Morgan fingerprint density at radius 3 is 2.84 bits per heavy atom. The van der Waals surface area contributed by atoms with E-state index >= 15 is 0 Å². The average molecular weight is 284 g/mol. The number of carbonyl (C=O) groups is 1. The maximum absolute atomic E-state index is 10.7. The van der Waals surface area contributed by atoms with E-state index in [9.17, 15) is 4.79 Å². The molecule has 2 heterocycles. The van der Waals surface area contributed by atoms with Crippen LogP contribution in [0.3, 0.4) is 0 Å². The topological polar surface area (TPSA) is 68.7 Å². The van der Waals surface area contributed by atoms with E-state index in [4.69, 9.17) is 5.11 Å². The van der Waals surface area contributed by atoms with Gasteiger partial charge in [-0.25, -0.2) is 9.78 Å². The molecule has 0 saturated carbocycles. The molecule has 0 amide bonds. The van der Waals surface area contributed by atoms with Gasteiger partial charge in [0.2, 0.25) is 0 Å². The predicted octanol–water partition coefficient (Wildman–Crippen LogP) is 0.891. The molecule has 1 aliphatic heterocycles. The highest BCUT2D eigenvalue weighted by Crippen LogP contribution is 2.17. The van der Waals surface area contributed by atoms with Crippen molar-refractivity contribution >= 4 is 22.4 Å². The lowest BCUT2D eigenvalue weighted by Crippen LogP contribution is -2.44. The van der Waals surface area contributed by atoms with Gasteiger partial charge in [0.25, 0.3) is 0 Å². The van der Waals surface area contributed by atoms with Crippen LogP contribution in [0.2, 0.25) is 0 Å². The Morgan fingerprint density at radius 1 is 1.47 bits per heavy atom. The van der Waals surface area contributed by atoms with Crippen LogP contribution in [0.4, 0.5) is 5.13 Å². The summed E-state index contributed by atoms with van der Waals surface area (Å²) in [6.45, 7) is 6.47. The Morgan fingerprint density at radius 2 is 2.21 bits per heavy atom. The second-order valence-corrected chi connectivity index (χ2v) is 5.79. The highest BCUT2D eigenvalue weighted by atomic mass is 32.1. The molecule has 0 atom stereocenters. The molecule has 7 heteroatoms. The van der Waals surface area contributed by atoms with Crippen LogP contribution < -0.4 is 5.32 Å². The molecule has 19 heavy (non-hydrogen) atoms. The van der Waals surface area contributed by atoms with E-state index in [1.807, 2.05) is 0 Å². The maximum Gasteiger partial charge on any atom is 0.347 e. The van der Waals surface area contributed by atoms with Gasteiger partial charge >= 0.3 is 5.97 Å². The molecule has 1 saturated heterocycles. The fraction of sp³-hybridized carbons (Fsp3) is 0.667. The second kappa shape index (κ2) is 6.83. The van der Waals surface area contributed by atoms with Gasteiger partial charge in [0.15, 0.2) is 5.13 Å². The summed E-state index contributed by atoms with van der Waals surface area (Å²) < 4.78 is 0. The SMILES string of the molecule is CN1CCN(CCCNc2ncc(C(=O)O)s2)CC1. The van der Waals surface area contributed by atoms with Crippen LogP contribution in [0.1, 0.15) is 16.1 Å². The van der Waals surface area contributed by atoms with E-state index < -0.39 is 5.97 Å². The number of aromatic nitrogens is 1. The molecule has 0 spiro atoms. The van der Waals surface area contributed by atoms with Gasteiger partial charge in [-0.15, -0.1) is 0 Å². The smallest absolute Gasteiger partial charge is 0.347 e. The maximum atomic E-state index is 10.7. The molecule has 2 N–H and O–H groups in total. The number of piperazine rings is 1. The number of thiazole rings is 1. The quantitative estimate of drug-likeness (QED) is 0.756. The molecule has 1 aliphatic rings. The minimum atomic E-state index is -0.914. The molecule has 1 aromatic heterocycles. The number of rotatable bonds is 6. The number of hydrogen-bond acceptors (Lipinski definition) is 6. The Bertz CT molecular complexity index is 416. The minimum absolute atomic E-state index is 0.279. The molecule has 0 radical (unpaired) electrons. The standard InChI is InChI=1S/C12H20N4O2S/c1-15-5-7-16(8-6-15)4-2-3-13-12-14-9-10(19-12)11(17)18/h9H,2-8H2,1H3,(H,13,14)(H,17,18). The Kier molecular flexibility index (Phi) is 5.12. The van der Waals surface area contributed by atoms with Crippen molar-refractivity contribution in [1.29, 1.82) is 0 Å². The fourth-order valence-electron chi connectivity index (χ4n) is 2.02. The number of carboxylic acid groups (broad SMARTS) is 1. The molecule has 0 unspecified atom stereocenters. The number of anilines is 1. The van der Waals surface area contributed by atoms with Gasteiger partial charge in [0, 0.05) is 32.7 Å². The molecule has 0 bridgehead atoms. The van der Waals surface area contributed by atoms with Crippen molar-refractivity contribution in [2.24, 2.45) is 0 Å². The Balaban J connectivity index is 1.62. The van der Waals surface area contributed by atoms with Crippen molar-refractivity contribution in [1.82, 2.24) is 14.8 Å². The lowest BCUT2D eigenvalue weighted by molar-refractivity contribution is 0.0702. The van der Waals surface area contributed by atoms with Gasteiger partial charge in [-0.3, -0.25) is 0 Å². The van der Waals surface area contributed by atoms with Crippen LogP contribution in [-0.4, -0.2) is 72.2 Å². The van der Waals surface area contributed by atoms with Crippen molar-refractivity contribution in [3.63, 3.8) is 0 Å². The third kappa shape index (κ3) is 4.45. The molecule has 6 nitrogen and oxygen atoms in total. The highest BCUT2D eigenvalue weighted by Gasteiger charge is 2.13. The highest BCUT2D eigenvalue weighted by molar-refractivity contribution is 7.17. The summed E-state index contributed by atoms with van der Waals surface area (Å²) in [5, 5.41) is 12.7. The predicted molar refractivity (Wildman–Crippen MR) is 76.1 cm³/mol. The van der Waals surface area contributed by atoms with Gasteiger partial charge < -0.3 is 20.2 Å². The minimum Gasteiger partial charge on any atom is -0.477 e. The third-order valence-electron chi connectivity index (χ3n) is 3.24. The second-order valence-electron chi connectivity index (χ2n) is 4.76. The van der Waals surface area contributed by atoms with Crippen molar-refractivity contribution in [2.45, 2.75) is 6.42 Å². The van der Waals surface area contributed by atoms with Gasteiger partial charge in [-0.2, -0.15) is 0 Å². The molecule has 2 rings (SSSR count). The average Bonchev–Trinajstić information content (AvgIpc) is 2.86. The zero-order valence-electron chi connectivity index (χ0n) is 11.1. The van der Waals surface area contributed by atoms with Gasteiger partial charge in [0.05, 0.1) is 6.20 Å². The van der Waals surface area contributed by atoms with Crippen LogP contribution in [0, 0.1) is 0 Å². The number of nitrogens with zero attached hydrogens (tertiary/aromatic N) is 3. The Hall–Kier alpha value is -1.18. The molecule has 106 valence electrons. The van der Waals surface area contributed by atoms with E-state index in [1.165, 1.54) is 17.5 Å². The van der Waals surface area contributed by atoms with E-state index in [0.29, 0.717) is 5.13 Å².